The van der Waals surface area contributed by atoms with Crippen LogP contribution >= 0.6 is 11.5 Å². The summed E-state index contributed by atoms with van der Waals surface area (Å²) in [4.78, 5) is 25.8. The maximum absolute atomic E-state index is 11.7. The number of carbonyl (C=O) groups excluding carboxylic acids is 1. The Kier molecular flexibility index (Phi) is 5.49. The van der Waals surface area contributed by atoms with Gasteiger partial charge in [-0.05, 0) is 30.9 Å². The number of carbonyl (C=O) groups is 2. The maximum atomic E-state index is 11.7. The molecule has 0 bridgehead atoms. The van der Waals surface area contributed by atoms with Crippen LogP contribution in [0.25, 0.3) is 0 Å². The van der Waals surface area contributed by atoms with Crippen LogP contribution in [-0.4, -0.2) is 60.2 Å². The van der Waals surface area contributed by atoms with Gasteiger partial charge in [-0.25, -0.2) is 4.79 Å². The van der Waals surface area contributed by atoms with E-state index < -0.39 is 17.4 Å². The van der Waals surface area contributed by atoms with E-state index in [-0.39, 0.29) is 6.61 Å². The monoisotopic (exact) mass is 328 g/mol. The van der Waals surface area contributed by atoms with Crippen LogP contribution in [0, 0.1) is 5.41 Å². The second-order valence-electron chi connectivity index (χ2n) is 5.50. The highest BCUT2D eigenvalue weighted by Gasteiger charge is 2.42. The Morgan fingerprint density at radius 3 is 2.91 bits per heavy atom. The summed E-state index contributed by atoms with van der Waals surface area (Å²) in [6, 6.07) is 0. The highest BCUT2D eigenvalue weighted by Crippen LogP contribution is 2.32. The molecule has 1 unspecified atom stereocenters. The Morgan fingerprint density at radius 1 is 1.50 bits per heavy atom. The third kappa shape index (κ3) is 3.45. The van der Waals surface area contributed by atoms with Crippen molar-refractivity contribution in [2.45, 2.75) is 19.4 Å². The molecule has 0 radical (unpaired) electrons. The Balaban J connectivity index is 2.12. The molecule has 1 aromatic rings. The van der Waals surface area contributed by atoms with Crippen LogP contribution in [-0.2, 0) is 20.8 Å². The highest BCUT2D eigenvalue weighted by atomic mass is 32.1. The van der Waals surface area contributed by atoms with Crippen LogP contribution in [0.4, 0.5) is 0 Å². The maximum Gasteiger partial charge on any atom is 0.350 e. The first-order valence-electron chi connectivity index (χ1n) is 6.99. The number of hydrogen-bond donors (Lipinski definition) is 1. The van der Waals surface area contributed by atoms with E-state index in [2.05, 4.69) is 4.37 Å². The largest absolute Gasteiger partial charge is 0.481 e. The first-order chi connectivity index (χ1) is 10.5. The lowest BCUT2D eigenvalue weighted by molar-refractivity contribution is -0.157. The molecule has 1 aromatic heterocycles. The Bertz CT molecular complexity index is 543. The quantitative estimate of drug-likeness (QED) is 0.786. The Hall–Kier alpha value is -1.51. The number of carboxylic acid groups (broad SMARTS) is 1. The van der Waals surface area contributed by atoms with Crippen LogP contribution in [0.3, 0.4) is 0 Å². The number of nitrogens with zero attached hydrogens (tertiary/aromatic N) is 2. The fourth-order valence-corrected chi connectivity index (χ4v) is 3.54. The van der Waals surface area contributed by atoms with Crippen molar-refractivity contribution < 1.29 is 24.2 Å². The summed E-state index contributed by atoms with van der Waals surface area (Å²) in [5.41, 5.74) is -0.113. The fourth-order valence-electron chi connectivity index (χ4n) is 2.87. The van der Waals surface area contributed by atoms with Crippen LogP contribution in [0.2, 0.25) is 0 Å². The minimum absolute atomic E-state index is 0.185. The van der Waals surface area contributed by atoms with Gasteiger partial charge in [-0.1, -0.05) is 0 Å². The van der Waals surface area contributed by atoms with E-state index in [0.717, 1.165) is 30.1 Å². The molecule has 1 fully saturated rings. The van der Waals surface area contributed by atoms with E-state index in [9.17, 15) is 14.7 Å². The molecule has 0 aromatic carbocycles. The number of rotatable bonds is 6. The Labute approximate surface area is 133 Å². The number of esters is 1. The number of methoxy groups -OCH3 is 2. The summed E-state index contributed by atoms with van der Waals surface area (Å²) in [6.07, 6.45) is 3.02. The van der Waals surface area contributed by atoms with Crippen molar-refractivity contribution in [3.8, 4) is 0 Å². The number of piperidine rings is 1. The van der Waals surface area contributed by atoms with Gasteiger partial charge in [0.15, 0.2) is 0 Å². The topological polar surface area (TPSA) is 89.0 Å². The average Bonchev–Trinajstić information content (AvgIpc) is 2.95. The van der Waals surface area contributed by atoms with Crippen molar-refractivity contribution in [1.82, 2.24) is 9.27 Å². The molecule has 0 amide bonds. The molecule has 0 spiro atoms. The molecule has 1 saturated heterocycles. The van der Waals surface area contributed by atoms with Crippen molar-refractivity contribution in [2.75, 3.05) is 33.9 Å². The SMILES string of the molecule is COCC1(C(=O)O)CCCN(Cc2cnsc2C(=O)OC)C1. The van der Waals surface area contributed by atoms with Gasteiger partial charge in [0.05, 0.1) is 13.7 Å². The lowest BCUT2D eigenvalue weighted by Crippen LogP contribution is -2.50. The molecule has 2 rings (SSSR count). The molecule has 1 N–H and O–H groups in total. The molecule has 2 heterocycles. The van der Waals surface area contributed by atoms with Crippen molar-refractivity contribution in [3.63, 3.8) is 0 Å². The lowest BCUT2D eigenvalue weighted by Gasteiger charge is -2.39. The Morgan fingerprint density at radius 2 is 2.27 bits per heavy atom. The first kappa shape index (κ1) is 16.9. The van der Waals surface area contributed by atoms with Crippen molar-refractivity contribution in [2.24, 2.45) is 5.41 Å². The van der Waals surface area contributed by atoms with Crippen molar-refractivity contribution in [1.29, 1.82) is 0 Å². The summed E-state index contributed by atoms with van der Waals surface area (Å²) >= 11 is 1.10. The van der Waals surface area contributed by atoms with Crippen LogP contribution < -0.4 is 0 Å². The minimum Gasteiger partial charge on any atom is -0.481 e. The zero-order chi connectivity index (χ0) is 16.2. The van der Waals surface area contributed by atoms with E-state index in [1.54, 1.807) is 6.20 Å². The number of hydrogen-bond acceptors (Lipinski definition) is 7. The third-order valence-corrected chi connectivity index (χ3v) is 4.76. The third-order valence-electron chi connectivity index (χ3n) is 3.94. The standard InChI is InChI=1S/C14H20N2O5S/c1-20-9-14(13(18)19)4-3-5-16(8-14)7-10-6-15-22-11(10)12(17)21-2/h6H,3-5,7-9H2,1-2H3,(H,18,19). The summed E-state index contributed by atoms with van der Waals surface area (Å²) in [5, 5.41) is 9.55. The van der Waals surface area contributed by atoms with Crippen LogP contribution in [0.5, 0.6) is 0 Å². The summed E-state index contributed by atoms with van der Waals surface area (Å²) < 4.78 is 13.9. The molecule has 122 valence electrons. The van der Waals surface area contributed by atoms with Crippen molar-refractivity contribution in [3.05, 3.63) is 16.6 Å². The molecule has 1 atom stereocenters. The molecule has 8 heteroatoms. The summed E-state index contributed by atoms with van der Waals surface area (Å²) in [5.74, 6) is -1.24. The minimum atomic E-state index is -0.887. The van der Waals surface area contributed by atoms with Gasteiger partial charge in [0.2, 0.25) is 0 Å². The van der Waals surface area contributed by atoms with Gasteiger partial charge in [0.1, 0.15) is 10.3 Å². The second-order valence-corrected chi connectivity index (χ2v) is 6.31. The molecule has 1 aliphatic rings. The number of likely N-dealkylation sites (tertiary alicyclic amines) is 1. The molecule has 22 heavy (non-hydrogen) atoms. The number of carboxylic acids is 1. The van der Waals surface area contributed by atoms with Gasteiger partial charge in [-0.15, -0.1) is 0 Å². The highest BCUT2D eigenvalue weighted by molar-refractivity contribution is 7.08. The van der Waals surface area contributed by atoms with Gasteiger partial charge in [-0.3, -0.25) is 9.69 Å². The normalized spacial score (nSPS) is 22.5. The second kappa shape index (κ2) is 7.17. The molecule has 7 nitrogen and oxygen atoms in total. The zero-order valence-corrected chi connectivity index (χ0v) is 13.5. The van der Waals surface area contributed by atoms with E-state index in [1.807, 2.05) is 4.90 Å². The molecule has 0 saturated carbocycles. The van der Waals surface area contributed by atoms with Gasteiger partial charge in [-0.2, -0.15) is 4.37 Å². The van der Waals surface area contributed by atoms with Gasteiger partial charge in [0.25, 0.3) is 0 Å². The fraction of sp³-hybridized carbons (Fsp3) is 0.643. The van der Waals surface area contributed by atoms with E-state index in [4.69, 9.17) is 9.47 Å². The smallest absolute Gasteiger partial charge is 0.350 e. The first-order valence-corrected chi connectivity index (χ1v) is 7.76. The predicted octanol–water partition coefficient (Wildman–Crippen LogP) is 1.24. The number of aliphatic carboxylic acids is 1. The zero-order valence-electron chi connectivity index (χ0n) is 12.7. The van der Waals surface area contributed by atoms with Gasteiger partial charge in [0, 0.05) is 32.0 Å². The molecular formula is C14H20N2O5S. The predicted molar refractivity (Wildman–Crippen MR) is 79.9 cm³/mol. The molecule has 1 aliphatic heterocycles. The number of aromatic nitrogens is 1. The van der Waals surface area contributed by atoms with E-state index in [1.165, 1.54) is 14.2 Å². The molecular weight excluding hydrogens is 308 g/mol. The van der Waals surface area contributed by atoms with E-state index >= 15 is 0 Å². The average molecular weight is 328 g/mol. The van der Waals surface area contributed by atoms with Gasteiger partial charge < -0.3 is 14.6 Å². The lowest BCUT2D eigenvalue weighted by atomic mass is 9.80. The number of ether oxygens (including phenoxy) is 2. The van der Waals surface area contributed by atoms with Crippen LogP contribution in [0.1, 0.15) is 28.1 Å². The van der Waals surface area contributed by atoms with Gasteiger partial charge >= 0.3 is 11.9 Å². The summed E-state index contributed by atoms with van der Waals surface area (Å²) in [6.45, 7) is 1.85. The van der Waals surface area contributed by atoms with Crippen molar-refractivity contribution >= 4 is 23.5 Å². The van der Waals surface area contributed by atoms with E-state index in [0.29, 0.717) is 24.4 Å². The molecule has 0 aliphatic carbocycles. The van der Waals surface area contributed by atoms with Crippen LogP contribution in [0.15, 0.2) is 6.20 Å². The summed E-state index contributed by atoms with van der Waals surface area (Å²) in [7, 11) is 2.85.